The molecule has 0 radical (unpaired) electrons. The van der Waals surface area contributed by atoms with Crippen molar-refractivity contribution in [3.63, 3.8) is 0 Å². The Morgan fingerprint density at radius 2 is 2.04 bits per heavy atom. The van der Waals surface area contributed by atoms with Gasteiger partial charge in [-0.1, -0.05) is 24.3 Å². The van der Waals surface area contributed by atoms with E-state index in [9.17, 15) is 14.4 Å². The predicted octanol–water partition coefficient (Wildman–Crippen LogP) is 2.53. The van der Waals surface area contributed by atoms with E-state index in [0.29, 0.717) is 0 Å². The number of fused-ring (bicyclic) bond motifs is 1. The van der Waals surface area contributed by atoms with Crippen LogP contribution in [-0.2, 0) is 20.7 Å². The lowest BCUT2D eigenvalue weighted by atomic mass is 9.87. The molecule has 0 saturated heterocycles. The van der Waals surface area contributed by atoms with Gasteiger partial charge in [-0.2, -0.15) is 0 Å². The van der Waals surface area contributed by atoms with Crippen LogP contribution in [0.1, 0.15) is 53.9 Å². The molecule has 1 heterocycles. The Morgan fingerprint density at radius 3 is 2.82 bits per heavy atom. The summed E-state index contributed by atoms with van der Waals surface area (Å²) in [6.45, 7) is 1.64. The molecule has 28 heavy (non-hydrogen) atoms. The summed E-state index contributed by atoms with van der Waals surface area (Å²) in [6.07, 6.45) is 3.34. The minimum absolute atomic E-state index is 0.0314. The highest BCUT2D eigenvalue weighted by Crippen LogP contribution is 2.29. The number of aryl methyl sites for hydroxylation is 1. The van der Waals surface area contributed by atoms with E-state index in [1.165, 1.54) is 17.9 Å². The fourth-order valence-electron chi connectivity index (χ4n) is 3.28. The van der Waals surface area contributed by atoms with Crippen LogP contribution in [0.4, 0.5) is 0 Å². The van der Waals surface area contributed by atoms with E-state index in [0.717, 1.165) is 24.8 Å². The summed E-state index contributed by atoms with van der Waals surface area (Å²) in [5.41, 5.74) is 2.37. The zero-order valence-electron chi connectivity index (χ0n) is 15.8. The normalized spacial score (nSPS) is 16.5. The number of rotatable bonds is 7. The fraction of sp³-hybridized carbons (Fsp3) is 0.381. The number of carbonyl (C=O) groups is 3. The number of furan rings is 1. The maximum absolute atomic E-state index is 12.4. The number of hydrogen-bond donors (Lipinski definition) is 2. The number of nitrogens with one attached hydrogen (secondary N) is 2. The van der Waals surface area contributed by atoms with Gasteiger partial charge in [-0.15, -0.1) is 0 Å². The van der Waals surface area contributed by atoms with Gasteiger partial charge < -0.3 is 19.8 Å². The SMILES string of the molecule is C[C@H](OC(=O)CCNC(=O)c1ccco1)C(=O)N[C@H]1CCCc2ccccc21. The summed E-state index contributed by atoms with van der Waals surface area (Å²) in [6, 6.07) is 11.1. The van der Waals surface area contributed by atoms with Crippen molar-refractivity contribution < 1.29 is 23.5 Å². The second kappa shape index (κ2) is 9.21. The fourth-order valence-corrected chi connectivity index (χ4v) is 3.28. The molecule has 1 aromatic heterocycles. The first-order valence-corrected chi connectivity index (χ1v) is 9.44. The Labute approximate surface area is 163 Å². The molecule has 1 aromatic carbocycles. The van der Waals surface area contributed by atoms with Crippen molar-refractivity contribution in [2.24, 2.45) is 0 Å². The molecule has 0 bridgehead atoms. The van der Waals surface area contributed by atoms with Gasteiger partial charge in [-0.05, 0) is 49.4 Å². The molecule has 0 unspecified atom stereocenters. The zero-order valence-corrected chi connectivity index (χ0v) is 15.8. The third-order valence-corrected chi connectivity index (χ3v) is 4.72. The molecular formula is C21H24N2O5. The van der Waals surface area contributed by atoms with E-state index in [4.69, 9.17) is 9.15 Å². The van der Waals surface area contributed by atoms with Crippen LogP contribution in [0.2, 0.25) is 0 Å². The van der Waals surface area contributed by atoms with Gasteiger partial charge in [0.15, 0.2) is 11.9 Å². The number of benzene rings is 1. The van der Waals surface area contributed by atoms with Crippen molar-refractivity contribution in [3.05, 3.63) is 59.5 Å². The Balaban J connectivity index is 1.43. The van der Waals surface area contributed by atoms with E-state index in [2.05, 4.69) is 16.7 Å². The van der Waals surface area contributed by atoms with Crippen LogP contribution < -0.4 is 10.6 Å². The lowest BCUT2D eigenvalue weighted by molar-refractivity contribution is -0.155. The van der Waals surface area contributed by atoms with Crippen LogP contribution in [-0.4, -0.2) is 30.4 Å². The monoisotopic (exact) mass is 384 g/mol. The Hall–Kier alpha value is -3.09. The van der Waals surface area contributed by atoms with Crippen LogP contribution in [0.3, 0.4) is 0 Å². The average Bonchev–Trinajstić information content (AvgIpc) is 3.23. The van der Waals surface area contributed by atoms with Gasteiger partial charge >= 0.3 is 5.97 Å². The van der Waals surface area contributed by atoms with Crippen LogP contribution in [0.15, 0.2) is 47.1 Å². The number of ether oxygens (including phenoxy) is 1. The molecule has 2 atom stereocenters. The molecule has 7 heteroatoms. The van der Waals surface area contributed by atoms with Crippen LogP contribution in [0.5, 0.6) is 0 Å². The summed E-state index contributed by atoms with van der Waals surface area (Å²) in [5, 5.41) is 5.54. The van der Waals surface area contributed by atoms with E-state index < -0.39 is 18.0 Å². The van der Waals surface area contributed by atoms with E-state index in [1.54, 1.807) is 13.0 Å². The molecule has 0 spiro atoms. The zero-order chi connectivity index (χ0) is 19.9. The van der Waals surface area contributed by atoms with Gasteiger partial charge in [0, 0.05) is 6.54 Å². The number of esters is 1. The van der Waals surface area contributed by atoms with E-state index in [-0.39, 0.29) is 30.7 Å². The maximum atomic E-state index is 12.4. The van der Waals surface area contributed by atoms with Gasteiger partial charge in [0.1, 0.15) is 0 Å². The standard InChI is InChI=1S/C21H24N2O5/c1-14(28-19(24)11-12-22-21(26)18-10-5-13-27-18)20(25)23-17-9-4-7-15-6-2-3-8-16(15)17/h2-3,5-6,8,10,13-14,17H,4,7,9,11-12H2,1H3,(H,22,26)(H,23,25)/t14-,17-/m0/s1. The van der Waals surface area contributed by atoms with Crippen molar-refractivity contribution in [2.45, 2.75) is 44.8 Å². The average molecular weight is 384 g/mol. The van der Waals surface area contributed by atoms with Crippen LogP contribution >= 0.6 is 0 Å². The molecule has 148 valence electrons. The van der Waals surface area contributed by atoms with Crippen molar-refractivity contribution >= 4 is 17.8 Å². The van der Waals surface area contributed by atoms with E-state index in [1.807, 2.05) is 18.2 Å². The van der Waals surface area contributed by atoms with E-state index >= 15 is 0 Å². The molecular weight excluding hydrogens is 360 g/mol. The molecule has 0 aliphatic heterocycles. The molecule has 7 nitrogen and oxygen atoms in total. The molecule has 1 aliphatic rings. The van der Waals surface area contributed by atoms with Crippen molar-refractivity contribution in [1.82, 2.24) is 10.6 Å². The molecule has 2 amide bonds. The first kappa shape index (κ1) is 19.7. The van der Waals surface area contributed by atoms with Gasteiger partial charge in [-0.3, -0.25) is 14.4 Å². The summed E-state index contributed by atoms with van der Waals surface area (Å²) < 4.78 is 10.2. The van der Waals surface area contributed by atoms with Crippen molar-refractivity contribution in [3.8, 4) is 0 Å². The summed E-state index contributed by atoms with van der Waals surface area (Å²) in [5.74, 6) is -1.10. The van der Waals surface area contributed by atoms with Crippen molar-refractivity contribution in [2.75, 3.05) is 6.54 Å². The van der Waals surface area contributed by atoms with Crippen molar-refractivity contribution in [1.29, 1.82) is 0 Å². The molecule has 2 aromatic rings. The first-order chi connectivity index (χ1) is 13.5. The molecule has 3 rings (SSSR count). The van der Waals surface area contributed by atoms with Crippen LogP contribution in [0, 0.1) is 0 Å². The Morgan fingerprint density at radius 1 is 1.21 bits per heavy atom. The first-order valence-electron chi connectivity index (χ1n) is 9.44. The lowest BCUT2D eigenvalue weighted by Gasteiger charge is -2.27. The summed E-state index contributed by atoms with van der Waals surface area (Å²) in [7, 11) is 0. The second-order valence-electron chi connectivity index (χ2n) is 6.77. The maximum Gasteiger partial charge on any atom is 0.308 e. The molecule has 2 N–H and O–H groups in total. The molecule has 1 aliphatic carbocycles. The Kier molecular flexibility index (Phi) is 6.47. The third kappa shape index (κ3) is 5.00. The number of amides is 2. The summed E-state index contributed by atoms with van der Waals surface area (Å²) in [4.78, 5) is 36.1. The smallest absolute Gasteiger partial charge is 0.308 e. The lowest BCUT2D eigenvalue weighted by Crippen LogP contribution is -2.39. The number of carbonyl (C=O) groups excluding carboxylic acids is 3. The Bertz CT molecular complexity index is 831. The predicted molar refractivity (Wildman–Crippen MR) is 101 cm³/mol. The minimum Gasteiger partial charge on any atom is -0.459 e. The van der Waals surface area contributed by atoms with Crippen LogP contribution in [0.25, 0.3) is 0 Å². The third-order valence-electron chi connectivity index (χ3n) is 4.72. The molecule has 0 fully saturated rings. The minimum atomic E-state index is -0.901. The molecule has 0 saturated carbocycles. The van der Waals surface area contributed by atoms with Gasteiger partial charge in [0.25, 0.3) is 11.8 Å². The highest BCUT2D eigenvalue weighted by atomic mass is 16.5. The topological polar surface area (TPSA) is 97.6 Å². The highest BCUT2D eigenvalue weighted by molar-refractivity contribution is 5.91. The van der Waals surface area contributed by atoms with Gasteiger partial charge in [0.2, 0.25) is 0 Å². The van der Waals surface area contributed by atoms with Gasteiger partial charge in [0.05, 0.1) is 18.7 Å². The largest absolute Gasteiger partial charge is 0.459 e. The summed E-state index contributed by atoms with van der Waals surface area (Å²) >= 11 is 0. The highest BCUT2D eigenvalue weighted by Gasteiger charge is 2.25. The second-order valence-corrected chi connectivity index (χ2v) is 6.77. The van der Waals surface area contributed by atoms with Gasteiger partial charge in [-0.25, -0.2) is 0 Å². The number of hydrogen-bond acceptors (Lipinski definition) is 5. The quantitative estimate of drug-likeness (QED) is 0.715.